The summed E-state index contributed by atoms with van der Waals surface area (Å²) in [4.78, 5) is 17.1. The molecule has 0 radical (unpaired) electrons. The van der Waals surface area contributed by atoms with Crippen molar-refractivity contribution in [3.63, 3.8) is 0 Å². The maximum Gasteiger partial charge on any atom is 0.318 e. The first-order chi connectivity index (χ1) is 10.3. The molecule has 0 amide bonds. The SMILES string of the molecule is CCOc1ncc2c(-c3cc4cnccc4s3)c[nH]c2n1. The van der Waals surface area contributed by atoms with Gasteiger partial charge in [0.2, 0.25) is 0 Å². The van der Waals surface area contributed by atoms with Gasteiger partial charge in [-0.2, -0.15) is 4.98 Å². The Morgan fingerprint density at radius 3 is 3.14 bits per heavy atom. The first-order valence-corrected chi connectivity index (χ1v) is 7.47. The average molecular weight is 296 g/mol. The zero-order chi connectivity index (χ0) is 14.2. The number of thiophene rings is 1. The second-order valence-electron chi connectivity index (χ2n) is 4.57. The third-order valence-corrected chi connectivity index (χ3v) is 4.41. The third-order valence-electron chi connectivity index (χ3n) is 3.27. The summed E-state index contributed by atoms with van der Waals surface area (Å²) in [5, 5.41) is 2.15. The lowest BCUT2D eigenvalue weighted by Crippen LogP contribution is -1.96. The molecule has 4 rings (SSSR count). The highest BCUT2D eigenvalue weighted by Gasteiger charge is 2.12. The summed E-state index contributed by atoms with van der Waals surface area (Å²) >= 11 is 1.74. The van der Waals surface area contributed by atoms with Crippen LogP contribution in [0.25, 0.3) is 31.6 Å². The normalized spacial score (nSPS) is 11.3. The van der Waals surface area contributed by atoms with Crippen LogP contribution in [0, 0.1) is 0 Å². The molecule has 6 heteroatoms. The van der Waals surface area contributed by atoms with E-state index in [-0.39, 0.29) is 0 Å². The number of fused-ring (bicyclic) bond motifs is 2. The van der Waals surface area contributed by atoms with Gasteiger partial charge in [0.1, 0.15) is 5.65 Å². The van der Waals surface area contributed by atoms with Gasteiger partial charge in [0.05, 0.1) is 6.61 Å². The molecule has 0 fully saturated rings. The van der Waals surface area contributed by atoms with E-state index in [1.807, 2.05) is 37.8 Å². The summed E-state index contributed by atoms with van der Waals surface area (Å²) in [6.45, 7) is 2.47. The number of hydrogen-bond acceptors (Lipinski definition) is 5. The first kappa shape index (κ1) is 12.3. The highest BCUT2D eigenvalue weighted by atomic mass is 32.1. The molecule has 0 unspecified atom stereocenters. The Kier molecular flexibility index (Phi) is 2.82. The summed E-state index contributed by atoms with van der Waals surface area (Å²) in [5.74, 6) is 0. The Hall–Kier alpha value is -2.47. The van der Waals surface area contributed by atoms with E-state index in [0.29, 0.717) is 12.6 Å². The molecular weight excluding hydrogens is 284 g/mol. The van der Waals surface area contributed by atoms with Crippen LogP contribution < -0.4 is 4.74 Å². The van der Waals surface area contributed by atoms with Crippen molar-refractivity contribution in [1.82, 2.24) is 19.9 Å². The number of ether oxygens (including phenoxy) is 1. The lowest BCUT2D eigenvalue weighted by Gasteiger charge is -1.99. The zero-order valence-corrected chi connectivity index (χ0v) is 12.1. The van der Waals surface area contributed by atoms with E-state index in [1.165, 1.54) is 9.58 Å². The van der Waals surface area contributed by atoms with Gasteiger partial charge in [0, 0.05) is 50.7 Å². The van der Waals surface area contributed by atoms with E-state index in [9.17, 15) is 0 Å². The van der Waals surface area contributed by atoms with Crippen molar-refractivity contribution in [3.05, 3.63) is 36.9 Å². The first-order valence-electron chi connectivity index (χ1n) is 6.66. The fourth-order valence-electron chi connectivity index (χ4n) is 2.31. The molecule has 0 saturated heterocycles. The standard InChI is InChI=1S/C15H12N4OS/c1-2-20-15-18-8-11-10(7-17-14(11)19-15)13-5-9-6-16-4-3-12(9)21-13/h3-8H,2H2,1H3,(H,17,18,19). The van der Waals surface area contributed by atoms with Crippen molar-refractivity contribution in [1.29, 1.82) is 0 Å². The van der Waals surface area contributed by atoms with Gasteiger partial charge in [-0.3, -0.25) is 4.98 Å². The molecule has 5 nitrogen and oxygen atoms in total. The molecule has 0 aliphatic heterocycles. The van der Waals surface area contributed by atoms with Gasteiger partial charge in [0.25, 0.3) is 0 Å². The van der Waals surface area contributed by atoms with Crippen LogP contribution >= 0.6 is 11.3 Å². The second kappa shape index (κ2) is 4.82. The molecule has 0 atom stereocenters. The Morgan fingerprint density at radius 2 is 2.29 bits per heavy atom. The molecule has 4 heterocycles. The van der Waals surface area contributed by atoms with Crippen molar-refractivity contribution in [2.75, 3.05) is 6.61 Å². The summed E-state index contributed by atoms with van der Waals surface area (Å²) in [7, 11) is 0. The fourth-order valence-corrected chi connectivity index (χ4v) is 3.37. The van der Waals surface area contributed by atoms with Crippen LogP contribution in [-0.4, -0.2) is 26.5 Å². The Balaban J connectivity index is 1.86. The largest absolute Gasteiger partial charge is 0.464 e. The second-order valence-corrected chi connectivity index (χ2v) is 5.66. The van der Waals surface area contributed by atoms with Crippen molar-refractivity contribution in [3.8, 4) is 16.5 Å². The van der Waals surface area contributed by atoms with Crippen molar-refractivity contribution >= 4 is 32.5 Å². The number of aromatic nitrogens is 4. The van der Waals surface area contributed by atoms with E-state index < -0.39 is 0 Å². The Bertz CT molecular complexity index is 895. The summed E-state index contributed by atoms with van der Waals surface area (Å²) < 4.78 is 6.55. The van der Waals surface area contributed by atoms with E-state index in [0.717, 1.165) is 22.0 Å². The lowest BCUT2D eigenvalue weighted by atomic mass is 10.2. The fraction of sp³-hybridized carbons (Fsp3) is 0.133. The molecule has 21 heavy (non-hydrogen) atoms. The molecule has 104 valence electrons. The van der Waals surface area contributed by atoms with Crippen molar-refractivity contribution in [2.45, 2.75) is 6.92 Å². The predicted molar refractivity (Wildman–Crippen MR) is 83.7 cm³/mol. The Labute approximate surface area is 124 Å². The maximum absolute atomic E-state index is 5.33. The van der Waals surface area contributed by atoms with Crippen LogP contribution in [0.2, 0.25) is 0 Å². The van der Waals surface area contributed by atoms with E-state index in [1.54, 1.807) is 11.3 Å². The van der Waals surface area contributed by atoms with Gasteiger partial charge >= 0.3 is 6.01 Å². The number of H-pyrrole nitrogens is 1. The lowest BCUT2D eigenvalue weighted by molar-refractivity contribution is 0.314. The Morgan fingerprint density at radius 1 is 1.33 bits per heavy atom. The number of pyridine rings is 1. The summed E-state index contributed by atoms with van der Waals surface area (Å²) in [6.07, 6.45) is 7.47. The molecule has 0 aliphatic rings. The highest BCUT2D eigenvalue weighted by molar-refractivity contribution is 7.22. The van der Waals surface area contributed by atoms with Crippen LogP contribution in [0.3, 0.4) is 0 Å². The molecule has 4 aromatic rings. The maximum atomic E-state index is 5.33. The molecule has 1 N–H and O–H groups in total. The van der Waals surface area contributed by atoms with Crippen LogP contribution in [-0.2, 0) is 0 Å². The molecule has 0 aromatic carbocycles. The van der Waals surface area contributed by atoms with E-state index in [4.69, 9.17) is 4.74 Å². The topological polar surface area (TPSA) is 63.7 Å². The van der Waals surface area contributed by atoms with Crippen LogP contribution in [0.5, 0.6) is 6.01 Å². The average Bonchev–Trinajstić information content (AvgIpc) is 3.10. The van der Waals surface area contributed by atoms with Crippen LogP contribution in [0.1, 0.15) is 6.92 Å². The number of rotatable bonds is 3. The zero-order valence-electron chi connectivity index (χ0n) is 11.3. The minimum absolute atomic E-state index is 0.402. The van der Waals surface area contributed by atoms with Crippen molar-refractivity contribution in [2.24, 2.45) is 0 Å². The van der Waals surface area contributed by atoms with Crippen LogP contribution in [0.4, 0.5) is 0 Å². The van der Waals surface area contributed by atoms with Gasteiger partial charge in [-0.1, -0.05) is 0 Å². The van der Waals surface area contributed by atoms with Gasteiger partial charge in [0.15, 0.2) is 0 Å². The molecule has 0 saturated carbocycles. The number of nitrogens with zero attached hydrogens (tertiary/aromatic N) is 3. The smallest absolute Gasteiger partial charge is 0.318 e. The summed E-state index contributed by atoms with van der Waals surface area (Å²) in [6, 6.07) is 4.58. The minimum atomic E-state index is 0.402. The number of nitrogens with one attached hydrogen (secondary N) is 1. The van der Waals surface area contributed by atoms with Gasteiger partial charge < -0.3 is 9.72 Å². The molecular formula is C15H12N4OS. The quantitative estimate of drug-likeness (QED) is 0.627. The van der Waals surface area contributed by atoms with Crippen LogP contribution in [0.15, 0.2) is 36.9 Å². The minimum Gasteiger partial charge on any atom is -0.464 e. The van der Waals surface area contributed by atoms with Gasteiger partial charge in [-0.05, 0) is 19.1 Å². The molecule has 0 spiro atoms. The predicted octanol–water partition coefficient (Wildman–Crippen LogP) is 3.63. The highest BCUT2D eigenvalue weighted by Crippen LogP contribution is 2.36. The molecule has 4 aromatic heterocycles. The van der Waals surface area contributed by atoms with Crippen molar-refractivity contribution < 1.29 is 4.74 Å². The van der Waals surface area contributed by atoms with E-state index in [2.05, 4.69) is 26.0 Å². The van der Waals surface area contributed by atoms with E-state index >= 15 is 0 Å². The summed E-state index contributed by atoms with van der Waals surface area (Å²) in [5.41, 5.74) is 1.90. The molecule has 0 aliphatic carbocycles. The number of aromatic amines is 1. The molecule has 0 bridgehead atoms. The monoisotopic (exact) mass is 296 g/mol. The number of hydrogen-bond donors (Lipinski definition) is 1. The van der Waals surface area contributed by atoms with Gasteiger partial charge in [-0.15, -0.1) is 11.3 Å². The third kappa shape index (κ3) is 2.04. The van der Waals surface area contributed by atoms with Gasteiger partial charge in [-0.25, -0.2) is 4.98 Å².